The first-order chi connectivity index (χ1) is 12.4. The molecule has 2 atom stereocenters. The Labute approximate surface area is 162 Å². The second-order valence-corrected chi connectivity index (χ2v) is 9.53. The summed E-state index contributed by atoms with van der Waals surface area (Å²) in [6.45, 7) is 4.24. The lowest BCUT2D eigenvalue weighted by Gasteiger charge is -2.13. The number of unbranched alkanes of at least 4 members (excludes halogenated alkanes) is 10. The molecule has 0 saturated heterocycles. The molecule has 0 bridgehead atoms. The van der Waals surface area contributed by atoms with E-state index in [9.17, 15) is 18.1 Å². The van der Waals surface area contributed by atoms with E-state index in [0.29, 0.717) is 12.8 Å². The molecule has 2 unspecified atom stereocenters. The van der Waals surface area contributed by atoms with Crippen molar-refractivity contribution >= 4 is 10.1 Å². The van der Waals surface area contributed by atoms with Crippen LogP contribution >= 0.6 is 0 Å². The van der Waals surface area contributed by atoms with Gasteiger partial charge in [-0.1, -0.05) is 97.3 Å². The predicted molar refractivity (Wildman–Crippen MR) is 111 cm³/mol. The summed E-state index contributed by atoms with van der Waals surface area (Å²) in [4.78, 5) is 0. The smallest absolute Gasteiger partial charge is 0.267 e. The minimum Gasteiger partial charge on any atom is -0.393 e. The van der Waals surface area contributed by atoms with Crippen LogP contribution in [0.1, 0.15) is 123 Å². The van der Waals surface area contributed by atoms with Crippen molar-refractivity contribution in [2.24, 2.45) is 0 Å². The topological polar surface area (TPSA) is 74.6 Å². The standard InChI is InChI=1S/C21H44O4S/c1-3-5-6-14-18-21(26(23,24)25)19-15-12-10-8-7-9-11-13-17-20(22)16-4-2/h20-22H,3-19H2,1-2H3,(H,23,24,25). The molecule has 0 aliphatic heterocycles. The Hall–Kier alpha value is -0.130. The average Bonchev–Trinajstić information content (AvgIpc) is 2.57. The van der Waals surface area contributed by atoms with E-state index in [1.54, 1.807) is 0 Å². The molecule has 0 radical (unpaired) electrons. The highest BCUT2D eigenvalue weighted by Gasteiger charge is 2.21. The molecule has 0 fully saturated rings. The highest BCUT2D eigenvalue weighted by Crippen LogP contribution is 2.19. The van der Waals surface area contributed by atoms with E-state index in [1.807, 2.05) is 0 Å². The highest BCUT2D eigenvalue weighted by atomic mass is 32.2. The molecule has 0 heterocycles. The summed E-state index contributed by atoms with van der Waals surface area (Å²) in [6, 6.07) is 0. The Morgan fingerprint density at radius 1 is 0.615 bits per heavy atom. The van der Waals surface area contributed by atoms with E-state index in [0.717, 1.165) is 70.6 Å². The summed E-state index contributed by atoms with van der Waals surface area (Å²) in [6.07, 6.45) is 17.3. The third kappa shape index (κ3) is 16.1. The van der Waals surface area contributed by atoms with Crippen LogP contribution in [0.25, 0.3) is 0 Å². The maximum Gasteiger partial charge on any atom is 0.267 e. The second-order valence-electron chi connectivity index (χ2n) is 7.83. The first kappa shape index (κ1) is 25.9. The van der Waals surface area contributed by atoms with Crippen molar-refractivity contribution < 1.29 is 18.1 Å². The van der Waals surface area contributed by atoms with Crippen LogP contribution in [0.15, 0.2) is 0 Å². The monoisotopic (exact) mass is 392 g/mol. The number of rotatable bonds is 19. The lowest BCUT2D eigenvalue weighted by Crippen LogP contribution is -2.20. The van der Waals surface area contributed by atoms with Gasteiger partial charge in [-0.25, -0.2) is 0 Å². The fourth-order valence-corrected chi connectivity index (χ4v) is 4.46. The van der Waals surface area contributed by atoms with Gasteiger partial charge in [0.05, 0.1) is 11.4 Å². The van der Waals surface area contributed by atoms with Crippen molar-refractivity contribution in [1.29, 1.82) is 0 Å². The van der Waals surface area contributed by atoms with Crippen molar-refractivity contribution in [2.75, 3.05) is 0 Å². The van der Waals surface area contributed by atoms with E-state index < -0.39 is 15.4 Å². The van der Waals surface area contributed by atoms with E-state index in [2.05, 4.69) is 13.8 Å². The zero-order valence-electron chi connectivity index (χ0n) is 17.3. The largest absolute Gasteiger partial charge is 0.393 e. The van der Waals surface area contributed by atoms with E-state index in [1.165, 1.54) is 25.7 Å². The van der Waals surface area contributed by atoms with Crippen molar-refractivity contribution in [1.82, 2.24) is 0 Å². The Balaban J connectivity index is 3.60. The Morgan fingerprint density at radius 3 is 1.46 bits per heavy atom. The molecule has 26 heavy (non-hydrogen) atoms. The summed E-state index contributed by atoms with van der Waals surface area (Å²) in [5.41, 5.74) is 0. The van der Waals surface area contributed by atoms with Crippen LogP contribution in [0.4, 0.5) is 0 Å². The quantitative estimate of drug-likeness (QED) is 0.200. The maximum absolute atomic E-state index is 11.5. The SMILES string of the molecule is CCCCCCC(CCCCCCCCCCC(O)CCC)S(=O)(=O)O. The van der Waals surface area contributed by atoms with Crippen molar-refractivity contribution in [3.63, 3.8) is 0 Å². The molecule has 4 nitrogen and oxygen atoms in total. The molecule has 0 spiro atoms. The van der Waals surface area contributed by atoms with Crippen LogP contribution < -0.4 is 0 Å². The van der Waals surface area contributed by atoms with Crippen LogP contribution in [-0.4, -0.2) is 29.4 Å². The Morgan fingerprint density at radius 2 is 1.04 bits per heavy atom. The highest BCUT2D eigenvalue weighted by molar-refractivity contribution is 7.86. The molecule has 0 aromatic heterocycles. The zero-order chi connectivity index (χ0) is 19.7. The van der Waals surface area contributed by atoms with E-state index in [4.69, 9.17) is 0 Å². The molecular weight excluding hydrogens is 348 g/mol. The maximum atomic E-state index is 11.5. The molecule has 2 N–H and O–H groups in total. The summed E-state index contributed by atoms with van der Waals surface area (Å²) in [5.74, 6) is 0. The third-order valence-electron chi connectivity index (χ3n) is 5.24. The summed E-state index contributed by atoms with van der Waals surface area (Å²) < 4.78 is 32.4. The number of hydrogen-bond acceptors (Lipinski definition) is 3. The summed E-state index contributed by atoms with van der Waals surface area (Å²) >= 11 is 0. The van der Waals surface area contributed by atoms with Gasteiger partial charge in [-0.3, -0.25) is 4.55 Å². The molecule has 0 aliphatic rings. The molecule has 0 rings (SSSR count). The lowest BCUT2D eigenvalue weighted by atomic mass is 10.0. The summed E-state index contributed by atoms with van der Waals surface area (Å²) in [5, 5.41) is 9.11. The first-order valence-electron chi connectivity index (χ1n) is 11.1. The first-order valence-corrected chi connectivity index (χ1v) is 12.6. The fraction of sp³-hybridized carbons (Fsp3) is 1.00. The van der Waals surface area contributed by atoms with Crippen LogP contribution in [0, 0.1) is 0 Å². The van der Waals surface area contributed by atoms with Gasteiger partial charge in [0.1, 0.15) is 0 Å². The summed E-state index contributed by atoms with van der Waals surface area (Å²) in [7, 11) is -3.89. The molecule has 0 saturated carbocycles. The molecule has 5 heteroatoms. The molecule has 158 valence electrons. The predicted octanol–water partition coefficient (Wildman–Crippen LogP) is 6.28. The van der Waals surface area contributed by atoms with E-state index >= 15 is 0 Å². The molecule has 0 aliphatic carbocycles. The van der Waals surface area contributed by atoms with Gasteiger partial charge in [0.15, 0.2) is 0 Å². The van der Waals surface area contributed by atoms with Crippen molar-refractivity contribution in [2.45, 2.75) is 134 Å². The van der Waals surface area contributed by atoms with Gasteiger partial charge in [0.2, 0.25) is 0 Å². The fourth-order valence-electron chi connectivity index (χ4n) is 3.53. The van der Waals surface area contributed by atoms with Gasteiger partial charge in [-0.05, 0) is 25.7 Å². The molecule has 0 aromatic rings. The van der Waals surface area contributed by atoms with Gasteiger partial charge in [0.25, 0.3) is 10.1 Å². The Kier molecular flexibility index (Phi) is 16.9. The van der Waals surface area contributed by atoms with Crippen LogP contribution in [-0.2, 0) is 10.1 Å². The van der Waals surface area contributed by atoms with E-state index in [-0.39, 0.29) is 6.10 Å². The molecule has 0 aromatic carbocycles. The van der Waals surface area contributed by atoms with Crippen molar-refractivity contribution in [3.8, 4) is 0 Å². The van der Waals surface area contributed by atoms with Gasteiger partial charge in [-0.2, -0.15) is 8.42 Å². The minimum atomic E-state index is -3.89. The number of hydrogen-bond donors (Lipinski definition) is 2. The van der Waals surface area contributed by atoms with Gasteiger partial charge < -0.3 is 5.11 Å². The van der Waals surface area contributed by atoms with Gasteiger partial charge in [-0.15, -0.1) is 0 Å². The van der Waals surface area contributed by atoms with Gasteiger partial charge in [0, 0.05) is 0 Å². The van der Waals surface area contributed by atoms with Crippen LogP contribution in [0.3, 0.4) is 0 Å². The molecular formula is C21H44O4S. The molecule has 0 amide bonds. The van der Waals surface area contributed by atoms with Gasteiger partial charge >= 0.3 is 0 Å². The van der Waals surface area contributed by atoms with Crippen LogP contribution in [0.2, 0.25) is 0 Å². The van der Waals surface area contributed by atoms with Crippen LogP contribution in [0.5, 0.6) is 0 Å². The normalized spacial score (nSPS) is 14.5. The Bertz CT molecular complexity index is 395. The number of aliphatic hydroxyl groups excluding tert-OH is 1. The van der Waals surface area contributed by atoms with Crippen molar-refractivity contribution in [3.05, 3.63) is 0 Å². The minimum absolute atomic E-state index is 0.113. The average molecular weight is 393 g/mol. The zero-order valence-corrected chi connectivity index (χ0v) is 18.1. The number of aliphatic hydroxyl groups is 1. The lowest BCUT2D eigenvalue weighted by molar-refractivity contribution is 0.150. The third-order valence-corrected chi connectivity index (χ3v) is 6.55. The second kappa shape index (κ2) is 17.0.